The Bertz CT molecular complexity index is 1170. The van der Waals surface area contributed by atoms with Crippen molar-refractivity contribution in [2.24, 2.45) is 0 Å². The van der Waals surface area contributed by atoms with Gasteiger partial charge in [-0.1, -0.05) is 39.8 Å². The molecule has 0 bridgehead atoms. The molecule has 0 aliphatic heterocycles. The summed E-state index contributed by atoms with van der Waals surface area (Å²) in [5.74, 6) is 1.59. The summed E-state index contributed by atoms with van der Waals surface area (Å²) >= 11 is 1.06. The highest BCUT2D eigenvalue weighted by Crippen LogP contribution is 2.40. The Morgan fingerprint density at radius 3 is 1.62 bits per heavy atom. The van der Waals surface area contributed by atoms with Crippen LogP contribution in [0.4, 0.5) is 18.9 Å². The van der Waals surface area contributed by atoms with Crippen molar-refractivity contribution in [3.05, 3.63) is 65.2 Å². The zero-order chi connectivity index (χ0) is 29.6. The first-order chi connectivity index (χ1) is 18.7. The maximum absolute atomic E-state index is 12.8. The van der Waals surface area contributed by atoms with Gasteiger partial charge in [0.1, 0.15) is 0 Å². The van der Waals surface area contributed by atoms with Crippen molar-refractivity contribution in [2.45, 2.75) is 38.8 Å². The summed E-state index contributed by atoms with van der Waals surface area (Å²) in [5.41, 5.74) is 1.08. The second kappa shape index (κ2) is 16.3. The van der Waals surface area contributed by atoms with E-state index in [1.807, 2.05) is 33.8 Å². The predicted molar refractivity (Wildman–Crippen MR) is 153 cm³/mol. The molecule has 0 heterocycles. The van der Waals surface area contributed by atoms with Crippen LogP contribution in [-0.2, 0) is 6.18 Å². The lowest BCUT2D eigenvalue weighted by Crippen LogP contribution is -2.04. The van der Waals surface area contributed by atoms with E-state index < -0.39 is 11.7 Å². The molecule has 2 N–H and O–H groups in total. The second-order valence-corrected chi connectivity index (χ2v) is 8.02. The number of phenolic OH excluding ortho intramolecular Hbond substituents is 1. The van der Waals surface area contributed by atoms with Gasteiger partial charge in [0.15, 0.2) is 23.0 Å². The van der Waals surface area contributed by atoms with Gasteiger partial charge in [-0.3, -0.25) is 0 Å². The molecule has 0 atom stereocenters. The molecule has 0 fully saturated rings. The molecule has 0 amide bonds. The smallest absolute Gasteiger partial charge is 0.416 e. The largest absolute Gasteiger partial charge is 0.503 e. The molecule has 3 aromatic rings. The first-order valence-electron chi connectivity index (χ1n) is 12.2. The van der Waals surface area contributed by atoms with Crippen LogP contribution in [0.1, 0.15) is 44.4 Å². The van der Waals surface area contributed by atoms with Crippen LogP contribution in [0.3, 0.4) is 0 Å². The van der Waals surface area contributed by atoms with E-state index in [1.54, 1.807) is 30.3 Å². The molecule has 0 aliphatic carbocycles. The number of nitrogens with one attached hydrogen (secondary N) is 1. The van der Waals surface area contributed by atoms with Crippen molar-refractivity contribution in [2.75, 3.05) is 33.2 Å². The molecule has 0 unspecified atom stereocenters. The van der Waals surface area contributed by atoms with Crippen molar-refractivity contribution in [1.29, 1.82) is 0 Å². The number of hydrogen-bond donors (Lipinski definition) is 2. The molecule has 214 valence electrons. The van der Waals surface area contributed by atoms with E-state index in [9.17, 15) is 18.3 Å². The van der Waals surface area contributed by atoms with E-state index in [2.05, 4.69) is 4.72 Å². The predicted octanol–water partition coefficient (Wildman–Crippen LogP) is 8.79. The molecule has 10 heteroatoms. The van der Waals surface area contributed by atoms with Gasteiger partial charge < -0.3 is 28.8 Å². The van der Waals surface area contributed by atoms with Crippen LogP contribution in [0.2, 0.25) is 0 Å². The number of alkyl halides is 3. The van der Waals surface area contributed by atoms with Crippen molar-refractivity contribution >= 4 is 29.8 Å². The zero-order valence-corrected chi connectivity index (χ0v) is 24.2. The number of aromatic hydroxyl groups is 1. The second-order valence-electron chi connectivity index (χ2n) is 7.14. The molecule has 6 nitrogen and oxygen atoms in total. The minimum Gasteiger partial charge on any atom is -0.503 e. The highest BCUT2D eigenvalue weighted by molar-refractivity contribution is 8.00. The van der Waals surface area contributed by atoms with Crippen LogP contribution in [0.5, 0.6) is 28.7 Å². The van der Waals surface area contributed by atoms with Crippen LogP contribution >= 0.6 is 11.9 Å². The number of halogens is 3. The van der Waals surface area contributed by atoms with Crippen LogP contribution < -0.4 is 23.7 Å². The van der Waals surface area contributed by atoms with Crippen molar-refractivity contribution < 1.29 is 37.2 Å². The summed E-state index contributed by atoms with van der Waals surface area (Å²) in [6, 6.07) is 11.6. The van der Waals surface area contributed by atoms with Gasteiger partial charge in [-0.05, 0) is 71.6 Å². The number of ether oxygens (including phenoxy) is 4. The van der Waals surface area contributed by atoms with Crippen molar-refractivity contribution in [1.82, 2.24) is 0 Å². The number of phenols is 1. The molecular formula is C29H36F3NO5S. The first kappa shape index (κ1) is 33.4. The van der Waals surface area contributed by atoms with Gasteiger partial charge in [-0.15, -0.1) is 0 Å². The number of methoxy groups -OCH3 is 4. The van der Waals surface area contributed by atoms with E-state index in [1.165, 1.54) is 40.6 Å². The fourth-order valence-corrected chi connectivity index (χ4v) is 3.83. The molecular weight excluding hydrogens is 531 g/mol. The van der Waals surface area contributed by atoms with Crippen molar-refractivity contribution in [3.63, 3.8) is 0 Å². The van der Waals surface area contributed by atoms with E-state index in [-0.39, 0.29) is 11.5 Å². The maximum atomic E-state index is 12.8. The monoisotopic (exact) mass is 567 g/mol. The summed E-state index contributed by atoms with van der Waals surface area (Å²) in [7, 11) is 6.01. The molecule has 3 rings (SSSR count). The average Bonchev–Trinajstić information content (AvgIpc) is 2.97. The van der Waals surface area contributed by atoms with Gasteiger partial charge >= 0.3 is 6.18 Å². The molecule has 39 heavy (non-hydrogen) atoms. The first-order valence-corrected chi connectivity index (χ1v) is 13.0. The van der Waals surface area contributed by atoms with Gasteiger partial charge in [0.2, 0.25) is 5.75 Å². The highest BCUT2D eigenvalue weighted by atomic mass is 32.2. The highest BCUT2D eigenvalue weighted by Gasteiger charge is 2.30. The Morgan fingerprint density at radius 1 is 0.718 bits per heavy atom. The summed E-state index contributed by atoms with van der Waals surface area (Å²) in [4.78, 5) is 0.537. The van der Waals surface area contributed by atoms with Gasteiger partial charge in [-0.25, -0.2) is 0 Å². The minimum atomic E-state index is -4.40. The maximum Gasteiger partial charge on any atom is 0.416 e. The van der Waals surface area contributed by atoms with Crippen LogP contribution in [0.25, 0.3) is 12.2 Å². The molecule has 0 radical (unpaired) electrons. The molecule has 0 spiro atoms. The number of rotatable bonds is 9. The summed E-state index contributed by atoms with van der Waals surface area (Å²) in [5, 5.41) is 10.5. The lowest BCUT2D eigenvalue weighted by Gasteiger charge is -2.13. The van der Waals surface area contributed by atoms with E-state index in [0.29, 0.717) is 33.4 Å². The van der Waals surface area contributed by atoms with Crippen molar-refractivity contribution in [3.8, 4) is 28.7 Å². The Kier molecular flexibility index (Phi) is 14.0. The summed E-state index contributed by atoms with van der Waals surface area (Å²) in [6.45, 7) is 8.00. The Balaban J connectivity index is 0.00000181. The third kappa shape index (κ3) is 9.24. The third-order valence-corrected chi connectivity index (χ3v) is 5.76. The number of hydrogen-bond acceptors (Lipinski definition) is 7. The molecule has 0 saturated carbocycles. The topological polar surface area (TPSA) is 69.2 Å². The SMILES string of the molecule is CC.CC.COc1cc(/C=C\c2cc(OC)c(OC)c(OC)c2)cc(NSc2ccc(C(F)(F)F)cc2)c1O. The minimum absolute atomic E-state index is 0.128. The van der Waals surface area contributed by atoms with Gasteiger partial charge in [0, 0.05) is 4.90 Å². The third-order valence-electron chi connectivity index (χ3n) is 4.93. The van der Waals surface area contributed by atoms with Crippen LogP contribution in [0.15, 0.2) is 53.4 Å². The van der Waals surface area contributed by atoms with Crippen LogP contribution in [0, 0.1) is 0 Å². The molecule has 0 aromatic heterocycles. The normalized spacial score (nSPS) is 10.5. The van der Waals surface area contributed by atoms with Gasteiger partial charge in [0.25, 0.3) is 0 Å². The standard InChI is InChI=1S/C25H24F3NO5S.2C2H6/c1-31-20-12-15(5-6-16-13-21(32-2)24(34-4)22(14-16)33-3)11-19(23(20)30)29-35-18-9-7-17(8-10-18)25(26,27)28;2*1-2/h5-14,29-30H,1-4H3;2*1-2H3/b6-5-;;. The average molecular weight is 568 g/mol. The number of benzene rings is 3. The summed E-state index contributed by atoms with van der Waals surface area (Å²) in [6.07, 6.45) is -0.777. The van der Waals surface area contributed by atoms with Gasteiger partial charge in [0.05, 0.1) is 39.7 Å². The molecule has 0 aliphatic rings. The number of anilines is 1. The van der Waals surface area contributed by atoms with Crippen LogP contribution in [-0.4, -0.2) is 33.5 Å². The molecule has 3 aromatic carbocycles. The van der Waals surface area contributed by atoms with E-state index in [0.717, 1.165) is 29.6 Å². The quantitative estimate of drug-likeness (QED) is 0.152. The van der Waals surface area contributed by atoms with Gasteiger partial charge in [-0.2, -0.15) is 13.2 Å². The Hall–Kier alpha value is -3.66. The van der Waals surface area contributed by atoms with E-state index in [4.69, 9.17) is 18.9 Å². The van der Waals surface area contributed by atoms with E-state index >= 15 is 0 Å². The molecule has 0 saturated heterocycles. The summed E-state index contributed by atoms with van der Waals surface area (Å²) < 4.78 is 62.6. The lowest BCUT2D eigenvalue weighted by molar-refractivity contribution is -0.137. The Morgan fingerprint density at radius 2 is 1.18 bits per heavy atom. The lowest BCUT2D eigenvalue weighted by atomic mass is 10.1. The fraction of sp³-hybridized carbons (Fsp3) is 0.310. The zero-order valence-electron chi connectivity index (χ0n) is 23.4. The Labute approximate surface area is 232 Å². The fourth-order valence-electron chi connectivity index (χ4n) is 3.17.